The second-order valence-corrected chi connectivity index (χ2v) is 6.28. The number of anilines is 2. The van der Waals surface area contributed by atoms with E-state index >= 15 is 0 Å². The van der Waals surface area contributed by atoms with E-state index in [4.69, 9.17) is 5.73 Å². The van der Waals surface area contributed by atoms with Crippen LogP contribution in [-0.4, -0.2) is 17.7 Å². The highest BCUT2D eigenvalue weighted by atomic mass is 79.9. The van der Waals surface area contributed by atoms with Crippen molar-refractivity contribution in [3.05, 3.63) is 34.3 Å². The van der Waals surface area contributed by atoms with E-state index in [1.54, 1.807) is 11.8 Å². The highest BCUT2D eigenvalue weighted by Gasteiger charge is 2.15. The molecule has 0 atom stereocenters. The number of hydrogen-bond donors (Lipinski definition) is 1. The van der Waals surface area contributed by atoms with Crippen LogP contribution in [0.1, 0.15) is 5.56 Å². The van der Waals surface area contributed by atoms with Crippen LogP contribution in [0.2, 0.25) is 0 Å². The first-order valence-corrected chi connectivity index (χ1v) is 8.16. The second kappa shape index (κ2) is 5.95. The summed E-state index contributed by atoms with van der Waals surface area (Å²) < 4.78 is 5.34. The predicted octanol–water partition coefficient (Wildman–Crippen LogP) is 3.85. The van der Waals surface area contributed by atoms with Crippen LogP contribution in [0.5, 0.6) is 0 Å². The Morgan fingerprint density at radius 2 is 2.17 bits per heavy atom. The average molecular weight is 344 g/mol. The summed E-state index contributed by atoms with van der Waals surface area (Å²) in [5.41, 5.74) is 7.10. The van der Waals surface area contributed by atoms with Gasteiger partial charge in [-0.3, -0.25) is 0 Å². The molecule has 18 heavy (non-hydrogen) atoms. The van der Waals surface area contributed by atoms with Crippen molar-refractivity contribution in [2.24, 2.45) is 0 Å². The average Bonchev–Trinajstić information content (AvgIpc) is 2.73. The van der Waals surface area contributed by atoms with Gasteiger partial charge in [-0.2, -0.15) is 4.37 Å². The number of benzene rings is 1. The zero-order chi connectivity index (χ0) is 13.1. The zero-order valence-electron chi connectivity index (χ0n) is 10.2. The topological polar surface area (TPSA) is 42.1 Å². The maximum Gasteiger partial charge on any atom is 0.153 e. The Hall–Kier alpha value is -0.720. The highest BCUT2D eigenvalue weighted by Crippen LogP contribution is 2.37. The lowest BCUT2D eigenvalue weighted by Gasteiger charge is -2.18. The number of nitrogens with two attached hydrogens (primary N) is 1. The smallest absolute Gasteiger partial charge is 0.153 e. The van der Waals surface area contributed by atoms with Crippen molar-refractivity contribution < 1.29 is 0 Å². The first-order valence-electron chi connectivity index (χ1n) is 5.37. The van der Waals surface area contributed by atoms with E-state index in [0.29, 0.717) is 5.82 Å². The Bertz CT molecular complexity index is 542. The third-order valence-corrected chi connectivity index (χ3v) is 5.26. The maximum absolute atomic E-state index is 5.86. The Morgan fingerprint density at radius 3 is 2.83 bits per heavy atom. The van der Waals surface area contributed by atoms with Crippen molar-refractivity contribution in [3.63, 3.8) is 0 Å². The molecular formula is C12H14BrN3S2. The largest absolute Gasteiger partial charge is 0.382 e. The first-order chi connectivity index (χ1) is 8.63. The molecule has 1 aromatic heterocycles. The molecule has 3 nitrogen and oxygen atoms in total. The summed E-state index contributed by atoms with van der Waals surface area (Å²) >= 11 is 6.66. The Kier molecular flexibility index (Phi) is 4.53. The molecule has 2 rings (SSSR count). The fourth-order valence-corrected chi connectivity index (χ4v) is 3.76. The van der Waals surface area contributed by atoms with Crippen LogP contribution in [0.25, 0.3) is 0 Å². The highest BCUT2D eigenvalue weighted by molar-refractivity contribution is 9.10. The number of halogens is 1. The summed E-state index contributed by atoms with van der Waals surface area (Å²) in [6.45, 7) is 0.830. The van der Waals surface area contributed by atoms with Crippen molar-refractivity contribution in [2.45, 2.75) is 11.4 Å². The minimum absolute atomic E-state index is 0.626. The van der Waals surface area contributed by atoms with Gasteiger partial charge in [0.1, 0.15) is 5.00 Å². The van der Waals surface area contributed by atoms with Gasteiger partial charge in [-0.05, 0) is 29.4 Å². The van der Waals surface area contributed by atoms with Gasteiger partial charge < -0.3 is 10.6 Å². The Balaban J connectivity index is 2.22. The normalized spacial score (nSPS) is 10.6. The van der Waals surface area contributed by atoms with Gasteiger partial charge >= 0.3 is 0 Å². The molecular weight excluding hydrogens is 330 g/mol. The molecule has 0 fully saturated rings. The molecule has 0 bridgehead atoms. The SMILES string of the molecule is CSc1c(N)nsc1N(C)Cc1ccccc1Br. The molecule has 0 aliphatic carbocycles. The van der Waals surface area contributed by atoms with Gasteiger partial charge in [0.05, 0.1) is 4.90 Å². The van der Waals surface area contributed by atoms with Crippen molar-refractivity contribution in [1.82, 2.24) is 4.37 Å². The number of aromatic nitrogens is 1. The second-order valence-electron chi connectivity index (χ2n) is 3.85. The number of nitrogens with zero attached hydrogens (tertiary/aromatic N) is 2. The minimum Gasteiger partial charge on any atom is -0.382 e. The Morgan fingerprint density at radius 1 is 1.44 bits per heavy atom. The quantitative estimate of drug-likeness (QED) is 0.856. The number of rotatable bonds is 4. The van der Waals surface area contributed by atoms with Crippen LogP contribution in [0.4, 0.5) is 10.8 Å². The molecule has 0 amide bonds. The fraction of sp³-hybridized carbons (Fsp3) is 0.250. The van der Waals surface area contributed by atoms with E-state index in [2.05, 4.69) is 44.4 Å². The van der Waals surface area contributed by atoms with E-state index in [1.807, 2.05) is 18.4 Å². The third kappa shape index (κ3) is 2.81. The molecule has 2 N–H and O–H groups in total. The van der Waals surface area contributed by atoms with Crippen LogP contribution < -0.4 is 10.6 Å². The molecule has 0 saturated heterocycles. The molecule has 0 saturated carbocycles. The molecule has 0 unspecified atom stereocenters. The van der Waals surface area contributed by atoms with E-state index < -0.39 is 0 Å². The van der Waals surface area contributed by atoms with Crippen LogP contribution in [0.3, 0.4) is 0 Å². The summed E-state index contributed by atoms with van der Waals surface area (Å²) in [4.78, 5) is 3.24. The van der Waals surface area contributed by atoms with E-state index in [9.17, 15) is 0 Å². The molecule has 0 spiro atoms. The lowest BCUT2D eigenvalue weighted by atomic mass is 10.2. The maximum atomic E-state index is 5.86. The first kappa shape index (κ1) is 13.7. The van der Waals surface area contributed by atoms with Crippen LogP contribution >= 0.6 is 39.2 Å². The molecule has 0 aliphatic heterocycles. The van der Waals surface area contributed by atoms with Crippen LogP contribution in [0.15, 0.2) is 33.6 Å². The number of thioether (sulfide) groups is 1. The fourth-order valence-electron chi connectivity index (χ4n) is 1.67. The molecule has 1 heterocycles. The van der Waals surface area contributed by atoms with Crippen LogP contribution in [-0.2, 0) is 6.54 Å². The monoisotopic (exact) mass is 343 g/mol. The van der Waals surface area contributed by atoms with Gasteiger partial charge in [0.15, 0.2) is 5.82 Å². The standard InChI is InChI=1S/C12H14BrN3S2/c1-16(7-8-5-3-4-6-9(8)13)12-10(17-2)11(14)15-18-12/h3-6H,7H2,1-2H3,(H2,14,15). The lowest BCUT2D eigenvalue weighted by Crippen LogP contribution is -2.16. The van der Waals surface area contributed by atoms with Gasteiger partial charge in [0.2, 0.25) is 0 Å². The molecule has 6 heteroatoms. The molecule has 0 aliphatic rings. The molecule has 0 radical (unpaired) electrons. The summed E-state index contributed by atoms with van der Waals surface area (Å²) in [6, 6.07) is 8.24. The summed E-state index contributed by atoms with van der Waals surface area (Å²) in [7, 11) is 2.06. The van der Waals surface area contributed by atoms with E-state index in [0.717, 1.165) is 20.9 Å². The van der Waals surface area contributed by atoms with Crippen molar-refractivity contribution in [1.29, 1.82) is 0 Å². The van der Waals surface area contributed by atoms with Gasteiger partial charge in [-0.1, -0.05) is 34.1 Å². The van der Waals surface area contributed by atoms with Crippen molar-refractivity contribution in [2.75, 3.05) is 23.9 Å². The predicted molar refractivity (Wildman–Crippen MR) is 84.6 cm³/mol. The summed E-state index contributed by atoms with van der Waals surface area (Å²) in [5, 5.41) is 1.12. The summed E-state index contributed by atoms with van der Waals surface area (Å²) in [5.74, 6) is 0.626. The zero-order valence-corrected chi connectivity index (χ0v) is 13.4. The number of nitrogen functional groups attached to an aromatic ring is 1. The van der Waals surface area contributed by atoms with Gasteiger partial charge in [0.25, 0.3) is 0 Å². The lowest BCUT2D eigenvalue weighted by molar-refractivity contribution is 0.920. The van der Waals surface area contributed by atoms with E-state index in [1.165, 1.54) is 17.1 Å². The minimum atomic E-state index is 0.626. The summed E-state index contributed by atoms with van der Waals surface area (Å²) in [6.07, 6.45) is 2.02. The van der Waals surface area contributed by atoms with Gasteiger partial charge in [-0.15, -0.1) is 11.8 Å². The third-order valence-electron chi connectivity index (χ3n) is 2.57. The van der Waals surface area contributed by atoms with E-state index in [-0.39, 0.29) is 0 Å². The van der Waals surface area contributed by atoms with Crippen molar-refractivity contribution in [3.8, 4) is 0 Å². The van der Waals surface area contributed by atoms with Crippen LogP contribution in [0, 0.1) is 0 Å². The van der Waals surface area contributed by atoms with Crippen molar-refractivity contribution >= 4 is 50.0 Å². The van der Waals surface area contributed by atoms with Gasteiger partial charge in [-0.25, -0.2) is 0 Å². The Labute approximate surface area is 124 Å². The number of hydrogen-bond acceptors (Lipinski definition) is 5. The molecule has 2 aromatic rings. The molecule has 1 aromatic carbocycles. The molecule has 96 valence electrons. The van der Waals surface area contributed by atoms with Gasteiger partial charge in [0, 0.05) is 18.1 Å².